The first-order valence-corrected chi connectivity index (χ1v) is 6.59. The van der Waals surface area contributed by atoms with Gasteiger partial charge in [0.25, 0.3) is 0 Å². The third kappa shape index (κ3) is 7.08. The second-order valence-electron chi connectivity index (χ2n) is 4.23. The molecule has 1 rings (SSSR count). The van der Waals surface area contributed by atoms with Gasteiger partial charge in [-0.1, -0.05) is 38.0 Å². The van der Waals surface area contributed by atoms with Crippen molar-refractivity contribution in [1.82, 2.24) is 10.6 Å². The van der Waals surface area contributed by atoms with Crippen LogP contribution in [0, 0.1) is 0 Å². The highest BCUT2D eigenvalue weighted by Gasteiger charge is 2.04. The summed E-state index contributed by atoms with van der Waals surface area (Å²) in [6.07, 6.45) is 3.19. The summed E-state index contributed by atoms with van der Waals surface area (Å²) in [7, 11) is 0. The predicted molar refractivity (Wildman–Crippen MR) is 76.0 cm³/mol. The topological polar surface area (TPSA) is 70.2 Å². The number of hydrogen-bond donors (Lipinski definition) is 3. The molecule has 1 aromatic rings. The van der Waals surface area contributed by atoms with Crippen molar-refractivity contribution in [2.75, 3.05) is 18.4 Å². The van der Waals surface area contributed by atoms with E-state index in [0.29, 0.717) is 12.2 Å². The zero-order valence-corrected chi connectivity index (χ0v) is 11.2. The lowest BCUT2D eigenvalue weighted by Crippen LogP contribution is -2.39. The van der Waals surface area contributed by atoms with E-state index in [2.05, 4.69) is 22.9 Å². The first kappa shape index (κ1) is 15.0. The maximum Gasteiger partial charge on any atom is 0.319 e. The van der Waals surface area contributed by atoms with Gasteiger partial charge in [-0.15, -0.1) is 0 Å². The van der Waals surface area contributed by atoms with Gasteiger partial charge in [0.2, 0.25) is 5.91 Å². The van der Waals surface area contributed by atoms with Crippen LogP contribution >= 0.6 is 0 Å². The summed E-state index contributed by atoms with van der Waals surface area (Å²) in [6.45, 7) is 2.76. The Labute approximate surface area is 113 Å². The van der Waals surface area contributed by atoms with Gasteiger partial charge in [-0.2, -0.15) is 0 Å². The van der Waals surface area contributed by atoms with Gasteiger partial charge in [0.05, 0.1) is 6.54 Å². The highest BCUT2D eigenvalue weighted by molar-refractivity contribution is 5.92. The molecule has 0 radical (unpaired) electrons. The molecule has 0 bridgehead atoms. The number of amides is 3. The number of rotatable bonds is 7. The molecule has 0 aromatic heterocycles. The van der Waals surface area contributed by atoms with Crippen molar-refractivity contribution in [2.45, 2.75) is 26.2 Å². The summed E-state index contributed by atoms with van der Waals surface area (Å²) in [5.41, 5.74) is 0.698. The molecule has 0 atom stereocenters. The fourth-order valence-corrected chi connectivity index (χ4v) is 1.52. The molecular formula is C14H21N3O2. The number of urea groups is 1. The van der Waals surface area contributed by atoms with Crippen molar-refractivity contribution in [1.29, 1.82) is 0 Å². The van der Waals surface area contributed by atoms with Crippen LogP contribution in [0.25, 0.3) is 0 Å². The molecule has 0 unspecified atom stereocenters. The number of para-hydroxylation sites is 1. The van der Waals surface area contributed by atoms with E-state index in [1.165, 1.54) is 0 Å². The van der Waals surface area contributed by atoms with Crippen LogP contribution in [0.3, 0.4) is 0 Å². The Bertz CT molecular complexity index is 393. The standard InChI is InChI=1S/C14H21N3O2/c1-2-3-7-10-15-13(18)11-16-14(19)17-12-8-5-4-6-9-12/h4-6,8-9H,2-3,7,10-11H2,1H3,(H,15,18)(H2,16,17,19). The maximum atomic E-state index is 11.5. The predicted octanol–water partition coefficient (Wildman–Crippen LogP) is 2.11. The Morgan fingerprint density at radius 3 is 2.47 bits per heavy atom. The lowest BCUT2D eigenvalue weighted by molar-refractivity contribution is -0.120. The van der Waals surface area contributed by atoms with Gasteiger partial charge in [-0.3, -0.25) is 4.79 Å². The molecule has 0 aliphatic carbocycles. The molecule has 3 N–H and O–H groups in total. The molecule has 5 heteroatoms. The lowest BCUT2D eigenvalue weighted by atomic mass is 10.2. The number of nitrogens with one attached hydrogen (secondary N) is 3. The van der Waals surface area contributed by atoms with E-state index in [1.807, 2.05) is 18.2 Å². The maximum absolute atomic E-state index is 11.5. The number of carbonyl (C=O) groups excluding carboxylic acids is 2. The van der Waals surface area contributed by atoms with Crippen molar-refractivity contribution in [3.05, 3.63) is 30.3 Å². The van der Waals surface area contributed by atoms with Crippen molar-refractivity contribution < 1.29 is 9.59 Å². The fourth-order valence-electron chi connectivity index (χ4n) is 1.52. The summed E-state index contributed by atoms with van der Waals surface area (Å²) in [5.74, 6) is -0.167. The highest BCUT2D eigenvalue weighted by Crippen LogP contribution is 2.03. The smallest absolute Gasteiger partial charge is 0.319 e. The second-order valence-corrected chi connectivity index (χ2v) is 4.23. The van der Waals surface area contributed by atoms with E-state index in [9.17, 15) is 9.59 Å². The van der Waals surface area contributed by atoms with Crippen LogP contribution in [0.4, 0.5) is 10.5 Å². The third-order valence-electron chi connectivity index (χ3n) is 2.54. The quantitative estimate of drug-likeness (QED) is 0.659. The third-order valence-corrected chi connectivity index (χ3v) is 2.54. The molecule has 0 fully saturated rings. The SMILES string of the molecule is CCCCCNC(=O)CNC(=O)Nc1ccccc1. The van der Waals surface area contributed by atoms with Gasteiger partial charge in [0.1, 0.15) is 0 Å². The molecule has 104 valence electrons. The molecule has 1 aromatic carbocycles. The average molecular weight is 263 g/mol. The Balaban J connectivity index is 2.14. The summed E-state index contributed by atoms with van der Waals surface area (Å²) in [4.78, 5) is 22.9. The van der Waals surface area contributed by atoms with Gasteiger partial charge < -0.3 is 16.0 Å². The van der Waals surface area contributed by atoms with Crippen LogP contribution < -0.4 is 16.0 Å². The van der Waals surface area contributed by atoms with Crippen LogP contribution in [-0.2, 0) is 4.79 Å². The molecule has 0 spiro atoms. The molecule has 0 heterocycles. The summed E-state index contributed by atoms with van der Waals surface area (Å²) >= 11 is 0. The fraction of sp³-hybridized carbons (Fsp3) is 0.429. The van der Waals surface area contributed by atoms with Gasteiger partial charge in [-0.05, 0) is 18.6 Å². The van der Waals surface area contributed by atoms with Crippen LogP contribution in [0.15, 0.2) is 30.3 Å². The Kier molecular flexibility index (Phi) is 7.09. The van der Waals surface area contributed by atoms with Crippen LogP contribution in [0.2, 0.25) is 0 Å². The largest absolute Gasteiger partial charge is 0.355 e. The van der Waals surface area contributed by atoms with Crippen LogP contribution in [0.5, 0.6) is 0 Å². The summed E-state index contributed by atoms with van der Waals surface area (Å²) < 4.78 is 0. The monoisotopic (exact) mass is 263 g/mol. The summed E-state index contributed by atoms with van der Waals surface area (Å²) in [6, 6.07) is 8.71. The van der Waals surface area contributed by atoms with E-state index in [1.54, 1.807) is 12.1 Å². The minimum Gasteiger partial charge on any atom is -0.355 e. The first-order valence-electron chi connectivity index (χ1n) is 6.59. The first-order chi connectivity index (χ1) is 9.22. The Morgan fingerprint density at radius 2 is 1.79 bits per heavy atom. The normalized spacial score (nSPS) is 9.74. The van der Waals surface area contributed by atoms with Crippen molar-refractivity contribution >= 4 is 17.6 Å². The highest BCUT2D eigenvalue weighted by atomic mass is 16.2. The average Bonchev–Trinajstić information content (AvgIpc) is 2.42. The van der Waals surface area contributed by atoms with E-state index in [4.69, 9.17) is 0 Å². The van der Waals surface area contributed by atoms with Crippen LogP contribution in [0.1, 0.15) is 26.2 Å². The Hall–Kier alpha value is -2.04. The van der Waals surface area contributed by atoms with Gasteiger partial charge in [-0.25, -0.2) is 4.79 Å². The number of carbonyl (C=O) groups is 2. The zero-order chi connectivity index (χ0) is 13.9. The number of unbranched alkanes of at least 4 members (excludes halogenated alkanes) is 2. The molecule has 3 amide bonds. The second kappa shape index (κ2) is 8.97. The number of hydrogen-bond acceptors (Lipinski definition) is 2. The zero-order valence-electron chi connectivity index (χ0n) is 11.2. The Morgan fingerprint density at radius 1 is 1.05 bits per heavy atom. The van der Waals surface area contributed by atoms with Crippen molar-refractivity contribution in [3.63, 3.8) is 0 Å². The van der Waals surface area contributed by atoms with Gasteiger partial charge >= 0.3 is 6.03 Å². The van der Waals surface area contributed by atoms with E-state index < -0.39 is 0 Å². The molecule has 0 saturated heterocycles. The lowest BCUT2D eigenvalue weighted by Gasteiger charge is -2.08. The summed E-state index contributed by atoms with van der Waals surface area (Å²) in [5, 5.41) is 7.91. The van der Waals surface area contributed by atoms with E-state index in [0.717, 1.165) is 19.3 Å². The number of anilines is 1. The number of benzene rings is 1. The molecule has 0 aliphatic heterocycles. The molecule has 0 saturated carbocycles. The minimum absolute atomic E-state index is 0.00914. The van der Waals surface area contributed by atoms with Crippen molar-refractivity contribution in [3.8, 4) is 0 Å². The van der Waals surface area contributed by atoms with Crippen LogP contribution in [-0.4, -0.2) is 25.0 Å². The van der Waals surface area contributed by atoms with Crippen molar-refractivity contribution in [2.24, 2.45) is 0 Å². The van der Waals surface area contributed by atoms with Gasteiger partial charge in [0, 0.05) is 12.2 Å². The molecule has 19 heavy (non-hydrogen) atoms. The van der Waals surface area contributed by atoms with Gasteiger partial charge in [0.15, 0.2) is 0 Å². The molecular weight excluding hydrogens is 242 g/mol. The van der Waals surface area contributed by atoms with E-state index >= 15 is 0 Å². The minimum atomic E-state index is -0.380. The molecule has 0 aliphatic rings. The molecule has 5 nitrogen and oxygen atoms in total. The van der Waals surface area contributed by atoms with E-state index in [-0.39, 0.29) is 18.5 Å².